The number of amides is 1. The SMILES string of the molecule is COCC(O)[C@H]1CN(C(=O)OCc2ccccc2)CC[C@H]1CCCc1ccnc2ccc(OC)cc12. The summed E-state index contributed by atoms with van der Waals surface area (Å²) >= 11 is 0. The van der Waals surface area contributed by atoms with Gasteiger partial charge in [-0.05, 0) is 67.0 Å². The highest BCUT2D eigenvalue weighted by molar-refractivity contribution is 5.83. The topological polar surface area (TPSA) is 81.1 Å². The highest BCUT2D eigenvalue weighted by Gasteiger charge is 2.36. The van der Waals surface area contributed by atoms with E-state index in [-0.39, 0.29) is 25.2 Å². The third-order valence-electron chi connectivity index (χ3n) is 7.16. The molecule has 192 valence electrons. The molecule has 1 aromatic heterocycles. The number of pyridine rings is 1. The fourth-order valence-electron chi connectivity index (χ4n) is 5.18. The zero-order chi connectivity index (χ0) is 25.3. The summed E-state index contributed by atoms with van der Waals surface area (Å²) in [5.74, 6) is 1.07. The maximum Gasteiger partial charge on any atom is 0.410 e. The molecule has 1 aliphatic rings. The van der Waals surface area contributed by atoms with Gasteiger partial charge >= 0.3 is 6.09 Å². The number of fused-ring (bicyclic) bond motifs is 1. The first-order valence-corrected chi connectivity index (χ1v) is 12.6. The number of carbonyl (C=O) groups excluding carboxylic acids is 1. The molecule has 0 aliphatic carbocycles. The maximum absolute atomic E-state index is 12.8. The van der Waals surface area contributed by atoms with Crippen LogP contribution in [0.2, 0.25) is 0 Å². The number of carbonyl (C=O) groups is 1. The molecule has 7 heteroatoms. The van der Waals surface area contributed by atoms with Gasteiger partial charge in [-0.3, -0.25) is 4.98 Å². The number of benzene rings is 2. The number of likely N-dealkylation sites (tertiary alicyclic amines) is 1. The lowest BCUT2D eigenvalue weighted by molar-refractivity contribution is -0.0291. The Morgan fingerprint density at radius 2 is 2.00 bits per heavy atom. The van der Waals surface area contributed by atoms with Crippen LogP contribution < -0.4 is 4.74 Å². The molecule has 3 aromatic rings. The first kappa shape index (κ1) is 25.9. The molecule has 1 N–H and O–H groups in total. The Morgan fingerprint density at radius 3 is 2.78 bits per heavy atom. The van der Waals surface area contributed by atoms with E-state index in [0.29, 0.717) is 19.0 Å². The number of methoxy groups -OCH3 is 2. The average molecular weight is 493 g/mol. The summed E-state index contributed by atoms with van der Waals surface area (Å²) in [6.45, 7) is 1.60. The molecule has 0 saturated carbocycles. The van der Waals surface area contributed by atoms with Crippen LogP contribution in [-0.4, -0.2) is 61.1 Å². The van der Waals surface area contributed by atoms with Crippen LogP contribution in [-0.2, 0) is 22.5 Å². The summed E-state index contributed by atoms with van der Waals surface area (Å²) in [5.41, 5.74) is 3.16. The number of nitrogens with zero attached hydrogens (tertiary/aromatic N) is 2. The molecule has 2 aromatic carbocycles. The molecule has 1 amide bonds. The largest absolute Gasteiger partial charge is 0.497 e. The van der Waals surface area contributed by atoms with Crippen molar-refractivity contribution < 1.29 is 24.1 Å². The molecule has 36 heavy (non-hydrogen) atoms. The van der Waals surface area contributed by atoms with Gasteiger partial charge in [-0.25, -0.2) is 4.79 Å². The van der Waals surface area contributed by atoms with Crippen molar-refractivity contribution in [1.82, 2.24) is 9.88 Å². The maximum atomic E-state index is 12.8. The summed E-state index contributed by atoms with van der Waals surface area (Å²) in [6.07, 6.45) is 4.59. The molecule has 0 spiro atoms. The van der Waals surface area contributed by atoms with Crippen LogP contribution in [0.1, 0.15) is 30.4 Å². The zero-order valence-corrected chi connectivity index (χ0v) is 21.1. The fourth-order valence-corrected chi connectivity index (χ4v) is 5.18. The van der Waals surface area contributed by atoms with Gasteiger partial charge < -0.3 is 24.2 Å². The van der Waals surface area contributed by atoms with Crippen LogP contribution in [0.4, 0.5) is 4.79 Å². The number of hydrogen-bond donors (Lipinski definition) is 1. The molecule has 1 fully saturated rings. The van der Waals surface area contributed by atoms with Gasteiger partial charge in [0.05, 0.1) is 25.3 Å². The van der Waals surface area contributed by atoms with Gasteiger partial charge in [0.25, 0.3) is 0 Å². The molecule has 1 unspecified atom stereocenters. The van der Waals surface area contributed by atoms with Crippen molar-refractivity contribution in [2.45, 2.75) is 38.4 Å². The lowest BCUT2D eigenvalue weighted by atomic mass is 9.78. The first-order chi connectivity index (χ1) is 17.6. The average Bonchev–Trinajstić information content (AvgIpc) is 2.92. The van der Waals surface area contributed by atoms with Crippen LogP contribution in [0.5, 0.6) is 5.75 Å². The van der Waals surface area contributed by atoms with Crippen LogP contribution in [0, 0.1) is 11.8 Å². The number of aryl methyl sites for hydroxylation is 1. The number of rotatable bonds is 10. The standard InChI is InChI=1S/C29H36N2O5/c1-34-20-28(32)26-18-31(29(33)36-19-21-7-4-3-5-8-21)16-14-23(26)10-6-9-22-13-15-30-27-12-11-24(35-2)17-25(22)27/h3-5,7-8,11-13,15,17,23,26,28,32H,6,9-10,14,16,18-20H2,1-2H3/t23-,26+,28?/m1/s1. The number of hydrogen-bond acceptors (Lipinski definition) is 6. The minimum absolute atomic E-state index is 0.0581. The first-order valence-electron chi connectivity index (χ1n) is 12.6. The Labute approximate surface area is 213 Å². The number of aliphatic hydroxyl groups excluding tert-OH is 1. The predicted molar refractivity (Wildman–Crippen MR) is 139 cm³/mol. The van der Waals surface area contributed by atoms with Crippen molar-refractivity contribution >= 4 is 17.0 Å². The van der Waals surface area contributed by atoms with Crippen molar-refractivity contribution in [3.05, 3.63) is 71.9 Å². The van der Waals surface area contributed by atoms with Crippen LogP contribution in [0.15, 0.2) is 60.8 Å². The van der Waals surface area contributed by atoms with Crippen molar-refractivity contribution in [3.63, 3.8) is 0 Å². The number of aromatic nitrogens is 1. The van der Waals surface area contributed by atoms with Crippen LogP contribution in [0.3, 0.4) is 0 Å². The smallest absolute Gasteiger partial charge is 0.410 e. The van der Waals surface area contributed by atoms with Crippen molar-refractivity contribution in [2.75, 3.05) is 33.9 Å². The second-order valence-corrected chi connectivity index (χ2v) is 9.47. The lowest BCUT2D eigenvalue weighted by Crippen LogP contribution is -2.48. The summed E-state index contributed by atoms with van der Waals surface area (Å²) in [6, 6.07) is 17.7. The van der Waals surface area contributed by atoms with E-state index in [0.717, 1.165) is 47.9 Å². The second-order valence-electron chi connectivity index (χ2n) is 9.47. The molecule has 7 nitrogen and oxygen atoms in total. The van der Waals surface area contributed by atoms with E-state index in [9.17, 15) is 9.90 Å². The number of ether oxygens (including phenoxy) is 3. The van der Waals surface area contributed by atoms with E-state index < -0.39 is 6.10 Å². The Bertz CT molecular complexity index is 1120. The summed E-state index contributed by atoms with van der Waals surface area (Å²) < 4.78 is 16.2. The number of aliphatic hydroxyl groups is 1. The monoisotopic (exact) mass is 492 g/mol. The Balaban J connectivity index is 1.36. The van der Waals surface area contributed by atoms with E-state index >= 15 is 0 Å². The van der Waals surface area contributed by atoms with Crippen molar-refractivity contribution in [3.8, 4) is 5.75 Å². The van der Waals surface area contributed by atoms with Crippen molar-refractivity contribution in [2.24, 2.45) is 11.8 Å². The summed E-state index contributed by atoms with van der Waals surface area (Å²) in [5, 5.41) is 12.0. The van der Waals surface area contributed by atoms with Gasteiger partial charge in [0, 0.05) is 37.7 Å². The molecule has 4 rings (SSSR count). The highest BCUT2D eigenvalue weighted by atomic mass is 16.6. The minimum atomic E-state index is -0.629. The Hall–Kier alpha value is -3.16. The van der Waals surface area contributed by atoms with E-state index in [2.05, 4.69) is 11.1 Å². The normalized spacial score (nSPS) is 18.7. The highest BCUT2D eigenvalue weighted by Crippen LogP contribution is 2.32. The Morgan fingerprint density at radius 1 is 1.17 bits per heavy atom. The Kier molecular flexibility index (Phi) is 9.14. The molecule has 2 heterocycles. The van der Waals surface area contributed by atoms with E-state index in [1.165, 1.54) is 5.56 Å². The van der Waals surface area contributed by atoms with Gasteiger partial charge in [0.1, 0.15) is 12.4 Å². The van der Waals surface area contributed by atoms with Gasteiger partial charge in [-0.2, -0.15) is 0 Å². The molecular weight excluding hydrogens is 456 g/mol. The molecule has 1 saturated heterocycles. The van der Waals surface area contributed by atoms with E-state index in [1.54, 1.807) is 19.1 Å². The molecule has 1 aliphatic heterocycles. The van der Waals surface area contributed by atoms with Gasteiger partial charge in [0.2, 0.25) is 0 Å². The predicted octanol–water partition coefficient (Wildman–Crippen LogP) is 4.85. The van der Waals surface area contributed by atoms with Gasteiger partial charge in [0.15, 0.2) is 0 Å². The minimum Gasteiger partial charge on any atom is -0.497 e. The lowest BCUT2D eigenvalue weighted by Gasteiger charge is -2.40. The van der Waals surface area contributed by atoms with Crippen LogP contribution >= 0.6 is 0 Å². The molecule has 0 bridgehead atoms. The van der Waals surface area contributed by atoms with Crippen molar-refractivity contribution in [1.29, 1.82) is 0 Å². The van der Waals surface area contributed by atoms with E-state index in [1.807, 2.05) is 54.7 Å². The fraction of sp³-hybridized carbons (Fsp3) is 0.448. The molecular formula is C29H36N2O5. The number of piperidine rings is 1. The summed E-state index contributed by atoms with van der Waals surface area (Å²) in [7, 11) is 3.27. The molecule has 3 atom stereocenters. The third kappa shape index (κ3) is 6.53. The van der Waals surface area contributed by atoms with Crippen LogP contribution in [0.25, 0.3) is 10.9 Å². The quantitative estimate of drug-likeness (QED) is 0.436. The van der Waals surface area contributed by atoms with Gasteiger partial charge in [-0.15, -0.1) is 0 Å². The third-order valence-corrected chi connectivity index (χ3v) is 7.16. The molecule has 0 radical (unpaired) electrons. The second kappa shape index (κ2) is 12.7. The van der Waals surface area contributed by atoms with Gasteiger partial charge in [-0.1, -0.05) is 30.3 Å². The summed E-state index contributed by atoms with van der Waals surface area (Å²) in [4.78, 5) is 19.0. The zero-order valence-electron chi connectivity index (χ0n) is 21.1. The van der Waals surface area contributed by atoms with E-state index in [4.69, 9.17) is 14.2 Å².